The largest absolute Gasteiger partial charge is 0.381 e. The molecule has 2 aromatic rings. The number of hydrogen-bond acceptors (Lipinski definition) is 4. The average Bonchev–Trinajstić information content (AvgIpc) is 3.25. The van der Waals surface area contributed by atoms with E-state index in [0.717, 1.165) is 42.4 Å². The Morgan fingerprint density at radius 3 is 2.76 bits per heavy atom. The molecule has 2 heterocycles. The number of fused-ring (bicyclic) bond motifs is 1. The van der Waals surface area contributed by atoms with Crippen LogP contribution in [0.1, 0.15) is 17.5 Å². The topological polar surface area (TPSA) is 61.4 Å². The van der Waals surface area contributed by atoms with E-state index in [1.807, 2.05) is 18.2 Å². The van der Waals surface area contributed by atoms with Crippen LogP contribution in [0.25, 0.3) is 0 Å². The molecule has 0 aromatic heterocycles. The van der Waals surface area contributed by atoms with E-state index in [0.29, 0.717) is 19.1 Å². The third kappa shape index (κ3) is 3.15. The van der Waals surface area contributed by atoms with Gasteiger partial charge in [-0.1, -0.05) is 18.2 Å². The second-order valence-corrected chi connectivity index (χ2v) is 8.45. The van der Waals surface area contributed by atoms with Crippen LogP contribution in [0.15, 0.2) is 47.4 Å². The first kappa shape index (κ1) is 16.5. The highest BCUT2D eigenvalue weighted by molar-refractivity contribution is 7.89. The van der Waals surface area contributed by atoms with Crippen LogP contribution in [-0.4, -0.2) is 31.9 Å². The Bertz CT molecular complexity index is 895. The van der Waals surface area contributed by atoms with Gasteiger partial charge in [-0.25, -0.2) is 12.8 Å². The summed E-state index contributed by atoms with van der Waals surface area (Å²) in [6.45, 7) is 2.52. The maximum absolute atomic E-state index is 13.4. The monoisotopic (exact) mass is 361 g/mol. The maximum Gasteiger partial charge on any atom is 0.243 e. The van der Waals surface area contributed by atoms with Gasteiger partial charge in [0, 0.05) is 31.4 Å². The van der Waals surface area contributed by atoms with Gasteiger partial charge in [0.1, 0.15) is 5.82 Å². The Morgan fingerprint density at radius 2 is 2.00 bits per heavy atom. The van der Waals surface area contributed by atoms with E-state index >= 15 is 0 Å². The molecule has 0 saturated carbocycles. The Kier molecular flexibility index (Phi) is 4.23. The molecule has 1 saturated heterocycles. The highest BCUT2D eigenvalue weighted by Crippen LogP contribution is 2.33. The van der Waals surface area contributed by atoms with E-state index in [9.17, 15) is 12.8 Å². The molecule has 0 radical (unpaired) electrons. The zero-order chi connectivity index (χ0) is 17.4. The van der Waals surface area contributed by atoms with E-state index in [1.54, 1.807) is 0 Å². The van der Waals surface area contributed by atoms with Crippen molar-refractivity contribution >= 4 is 15.7 Å². The molecular formula is C18H20FN3O2S. The molecule has 0 bridgehead atoms. The van der Waals surface area contributed by atoms with E-state index in [4.69, 9.17) is 0 Å². The molecule has 132 valence electrons. The molecule has 0 amide bonds. The van der Waals surface area contributed by atoms with Crippen LogP contribution in [0.3, 0.4) is 0 Å². The number of hydrogen-bond donors (Lipinski definition) is 2. The molecule has 2 aromatic carbocycles. The van der Waals surface area contributed by atoms with Crippen molar-refractivity contribution in [3.63, 3.8) is 0 Å². The number of halogens is 1. The number of sulfonamides is 1. The Morgan fingerprint density at radius 1 is 1.16 bits per heavy atom. The van der Waals surface area contributed by atoms with Crippen LogP contribution in [0, 0.1) is 5.82 Å². The van der Waals surface area contributed by atoms with E-state index < -0.39 is 15.8 Å². The van der Waals surface area contributed by atoms with Gasteiger partial charge in [0.25, 0.3) is 0 Å². The van der Waals surface area contributed by atoms with Gasteiger partial charge in [0.05, 0.1) is 4.90 Å². The Labute approximate surface area is 146 Å². The quantitative estimate of drug-likeness (QED) is 0.877. The fourth-order valence-corrected chi connectivity index (χ4v) is 4.89. The molecular weight excluding hydrogens is 341 g/mol. The summed E-state index contributed by atoms with van der Waals surface area (Å²) in [5.41, 5.74) is 2.99. The van der Waals surface area contributed by atoms with Crippen molar-refractivity contribution in [3.8, 4) is 0 Å². The number of benzene rings is 2. The lowest BCUT2D eigenvalue weighted by Crippen LogP contribution is -2.26. The average molecular weight is 361 g/mol. The normalized spacial score (nSPS) is 20.6. The van der Waals surface area contributed by atoms with Crippen LogP contribution in [0.2, 0.25) is 0 Å². The van der Waals surface area contributed by atoms with E-state index in [1.165, 1.54) is 22.5 Å². The van der Waals surface area contributed by atoms with Gasteiger partial charge >= 0.3 is 0 Å². The van der Waals surface area contributed by atoms with Crippen LogP contribution in [0.5, 0.6) is 0 Å². The Hall–Kier alpha value is -1.96. The lowest BCUT2D eigenvalue weighted by Gasteiger charge is -2.17. The second kappa shape index (κ2) is 6.40. The highest BCUT2D eigenvalue weighted by Gasteiger charge is 2.32. The standard InChI is InChI=1S/C18H20FN3O2S/c19-14-4-2-5-16(9-14)25(23,24)22-11-13-3-1-6-18(17(13)12-22)21-15-7-8-20-10-15/h1-6,9,15,20-21H,7-8,10-12H2/t15-/m1/s1. The van der Waals surface area contributed by atoms with Crippen molar-refractivity contribution in [3.05, 3.63) is 59.4 Å². The summed E-state index contributed by atoms with van der Waals surface area (Å²) < 4.78 is 40.5. The van der Waals surface area contributed by atoms with Gasteiger partial charge in [-0.05, 0) is 48.4 Å². The van der Waals surface area contributed by atoms with Crippen molar-refractivity contribution in [2.75, 3.05) is 18.4 Å². The third-order valence-electron chi connectivity index (χ3n) is 4.81. The number of anilines is 1. The van der Waals surface area contributed by atoms with Crippen molar-refractivity contribution in [1.29, 1.82) is 0 Å². The fraction of sp³-hybridized carbons (Fsp3) is 0.333. The predicted molar refractivity (Wildman–Crippen MR) is 94.2 cm³/mol. The minimum absolute atomic E-state index is 0.00481. The summed E-state index contributed by atoms with van der Waals surface area (Å²) in [6.07, 6.45) is 1.05. The number of rotatable bonds is 4. The lowest BCUT2D eigenvalue weighted by molar-refractivity contribution is 0.431. The van der Waals surface area contributed by atoms with Crippen LogP contribution in [0.4, 0.5) is 10.1 Å². The van der Waals surface area contributed by atoms with Gasteiger partial charge in [-0.3, -0.25) is 0 Å². The molecule has 1 fully saturated rings. The molecule has 7 heteroatoms. The van der Waals surface area contributed by atoms with Gasteiger partial charge < -0.3 is 10.6 Å². The lowest BCUT2D eigenvalue weighted by atomic mass is 10.1. The first-order valence-corrected chi connectivity index (χ1v) is 9.82. The predicted octanol–water partition coefficient (Wildman–Crippen LogP) is 2.30. The summed E-state index contributed by atoms with van der Waals surface area (Å²) in [5, 5.41) is 6.83. The van der Waals surface area contributed by atoms with Crippen molar-refractivity contribution < 1.29 is 12.8 Å². The van der Waals surface area contributed by atoms with Gasteiger partial charge in [-0.2, -0.15) is 4.31 Å². The molecule has 2 aliphatic rings. The first-order valence-electron chi connectivity index (χ1n) is 8.38. The SMILES string of the molecule is O=S(=O)(c1cccc(F)c1)N1Cc2cccc(N[C@@H]3CCNC3)c2C1. The summed E-state index contributed by atoms with van der Waals surface area (Å²) in [6, 6.07) is 11.4. The van der Waals surface area contributed by atoms with Gasteiger partial charge in [0.2, 0.25) is 10.0 Å². The molecule has 0 aliphatic carbocycles. The molecule has 4 rings (SSSR count). The molecule has 1 atom stereocenters. The Balaban J connectivity index is 1.60. The molecule has 5 nitrogen and oxygen atoms in total. The zero-order valence-electron chi connectivity index (χ0n) is 13.7. The van der Waals surface area contributed by atoms with Crippen LogP contribution >= 0.6 is 0 Å². The minimum atomic E-state index is -3.72. The van der Waals surface area contributed by atoms with Crippen molar-refractivity contribution in [1.82, 2.24) is 9.62 Å². The minimum Gasteiger partial charge on any atom is -0.381 e. The number of nitrogens with one attached hydrogen (secondary N) is 2. The summed E-state index contributed by atoms with van der Waals surface area (Å²) in [5.74, 6) is -0.547. The zero-order valence-corrected chi connectivity index (χ0v) is 14.5. The van der Waals surface area contributed by atoms with Crippen LogP contribution < -0.4 is 10.6 Å². The third-order valence-corrected chi connectivity index (χ3v) is 6.60. The smallest absolute Gasteiger partial charge is 0.243 e. The molecule has 25 heavy (non-hydrogen) atoms. The first-order chi connectivity index (χ1) is 12.0. The molecule has 2 aliphatic heterocycles. The second-order valence-electron chi connectivity index (χ2n) is 6.51. The molecule has 0 unspecified atom stereocenters. The van der Waals surface area contributed by atoms with Crippen molar-refractivity contribution in [2.45, 2.75) is 30.4 Å². The van der Waals surface area contributed by atoms with Gasteiger partial charge in [-0.15, -0.1) is 0 Å². The molecule has 0 spiro atoms. The molecule has 2 N–H and O–H groups in total. The van der Waals surface area contributed by atoms with Gasteiger partial charge in [0.15, 0.2) is 0 Å². The highest BCUT2D eigenvalue weighted by atomic mass is 32.2. The van der Waals surface area contributed by atoms with Crippen LogP contribution in [-0.2, 0) is 23.1 Å². The maximum atomic E-state index is 13.4. The fourth-order valence-electron chi connectivity index (χ4n) is 3.47. The summed E-state index contributed by atoms with van der Waals surface area (Å²) in [7, 11) is -3.72. The van der Waals surface area contributed by atoms with E-state index in [2.05, 4.69) is 10.6 Å². The van der Waals surface area contributed by atoms with E-state index in [-0.39, 0.29) is 4.90 Å². The van der Waals surface area contributed by atoms with Crippen molar-refractivity contribution in [2.24, 2.45) is 0 Å². The summed E-state index contributed by atoms with van der Waals surface area (Å²) >= 11 is 0. The number of nitrogens with zero attached hydrogens (tertiary/aromatic N) is 1. The summed E-state index contributed by atoms with van der Waals surface area (Å²) in [4.78, 5) is -0.00481.